The molecule has 7 N–H and O–H groups in total. The Morgan fingerprint density at radius 1 is 1.45 bits per heavy atom. The molecule has 2 aromatic rings. The Hall–Kier alpha value is -2.10. The van der Waals surface area contributed by atoms with Crippen LogP contribution in [0.4, 0.5) is 5.69 Å². The molecule has 0 aliphatic carbocycles. The third kappa shape index (κ3) is 2.74. The molecule has 8 nitrogen and oxygen atoms in total. The van der Waals surface area contributed by atoms with Gasteiger partial charge in [0, 0.05) is 29.3 Å². The van der Waals surface area contributed by atoms with E-state index in [2.05, 4.69) is 9.71 Å². The Morgan fingerprint density at radius 2 is 2.15 bits per heavy atom. The number of H-pyrrole nitrogens is 1. The second-order valence-corrected chi connectivity index (χ2v) is 5.96. The number of benzene rings is 1. The van der Waals surface area contributed by atoms with Crippen LogP contribution in [0.25, 0.3) is 10.9 Å². The highest BCUT2D eigenvalue weighted by molar-refractivity contribution is 7.89. The predicted molar refractivity (Wildman–Crippen MR) is 73.1 cm³/mol. The minimum atomic E-state index is -3.89. The van der Waals surface area contributed by atoms with E-state index in [0.717, 1.165) is 0 Å². The molecule has 1 atom stereocenters. The summed E-state index contributed by atoms with van der Waals surface area (Å²) < 4.78 is 26.3. The van der Waals surface area contributed by atoms with Gasteiger partial charge >= 0.3 is 0 Å². The number of aromatic amines is 1. The molecule has 1 heterocycles. The molecule has 20 heavy (non-hydrogen) atoms. The van der Waals surface area contributed by atoms with Crippen molar-refractivity contribution in [1.29, 1.82) is 0 Å². The van der Waals surface area contributed by atoms with Gasteiger partial charge in [0.1, 0.15) is 11.0 Å². The molecule has 0 spiro atoms. The minimum absolute atomic E-state index is 0.0172. The van der Waals surface area contributed by atoms with Crippen LogP contribution >= 0.6 is 0 Å². The van der Waals surface area contributed by atoms with E-state index >= 15 is 0 Å². The lowest BCUT2D eigenvalue weighted by atomic mass is 10.2. The molecule has 1 amide bonds. The maximum atomic E-state index is 12.1. The monoisotopic (exact) mass is 298 g/mol. The van der Waals surface area contributed by atoms with E-state index < -0.39 is 28.6 Å². The molecule has 1 aromatic heterocycles. The van der Waals surface area contributed by atoms with Crippen molar-refractivity contribution in [3.05, 3.63) is 24.4 Å². The number of aliphatic hydroxyl groups excluding tert-OH is 1. The number of hydrogen-bond donors (Lipinski definition) is 5. The van der Waals surface area contributed by atoms with Crippen LogP contribution in [0.2, 0.25) is 0 Å². The summed E-state index contributed by atoms with van der Waals surface area (Å²) in [6.45, 7) is -0.493. The molecule has 9 heteroatoms. The minimum Gasteiger partial charge on any atom is -0.399 e. The van der Waals surface area contributed by atoms with Crippen LogP contribution < -0.4 is 16.2 Å². The fourth-order valence-electron chi connectivity index (χ4n) is 1.70. The number of nitrogen functional groups attached to an aromatic ring is 1. The van der Waals surface area contributed by atoms with Crippen molar-refractivity contribution in [2.75, 3.05) is 12.3 Å². The largest absolute Gasteiger partial charge is 0.399 e. The summed E-state index contributed by atoms with van der Waals surface area (Å²) in [5, 5.41) is 9.64. The van der Waals surface area contributed by atoms with Gasteiger partial charge in [0.2, 0.25) is 15.9 Å². The fourth-order valence-corrected chi connectivity index (χ4v) is 2.91. The summed E-state index contributed by atoms with van der Waals surface area (Å²) in [5.74, 6) is -1.00. The lowest BCUT2D eigenvalue weighted by molar-refractivity contribution is -0.125. The van der Waals surface area contributed by atoms with E-state index in [9.17, 15) is 18.3 Å². The second kappa shape index (κ2) is 5.12. The second-order valence-electron chi connectivity index (χ2n) is 4.23. The molecule has 0 aliphatic rings. The standard InChI is InChI=1S/C11H14N4O4S/c12-6-1-2-8-7(3-6)10(5-14-8)20(18,19)15-4-9(16)11(13)17/h1-3,5,9,14-16H,4,12H2,(H2,13,17). The van der Waals surface area contributed by atoms with E-state index in [-0.39, 0.29) is 4.90 Å². The van der Waals surface area contributed by atoms with Crippen molar-refractivity contribution in [3.8, 4) is 0 Å². The van der Waals surface area contributed by atoms with E-state index in [1.807, 2.05) is 0 Å². The van der Waals surface area contributed by atoms with Crippen LogP contribution in [0, 0.1) is 0 Å². The van der Waals surface area contributed by atoms with Crippen molar-refractivity contribution in [1.82, 2.24) is 9.71 Å². The number of anilines is 1. The predicted octanol–water partition coefficient (Wildman–Crippen LogP) is -1.13. The summed E-state index contributed by atoms with van der Waals surface area (Å²) in [7, 11) is -3.89. The van der Waals surface area contributed by atoms with Gasteiger partial charge in [-0.1, -0.05) is 0 Å². The third-order valence-electron chi connectivity index (χ3n) is 2.75. The number of hydrogen-bond acceptors (Lipinski definition) is 5. The number of sulfonamides is 1. The Balaban J connectivity index is 2.32. The number of aliphatic hydroxyl groups is 1. The Kier molecular flexibility index (Phi) is 3.66. The molecule has 0 aliphatic heterocycles. The van der Waals surface area contributed by atoms with Crippen LogP contribution in [-0.4, -0.2) is 37.1 Å². The molecule has 0 saturated carbocycles. The average Bonchev–Trinajstić information content (AvgIpc) is 2.79. The van der Waals surface area contributed by atoms with Gasteiger partial charge in [0.25, 0.3) is 0 Å². The number of carbonyl (C=O) groups is 1. The Morgan fingerprint density at radius 3 is 2.80 bits per heavy atom. The molecular formula is C11H14N4O4S. The molecule has 0 bridgehead atoms. The Bertz CT molecular complexity index is 753. The van der Waals surface area contributed by atoms with E-state index in [0.29, 0.717) is 16.6 Å². The molecular weight excluding hydrogens is 284 g/mol. The number of nitrogens with two attached hydrogens (primary N) is 2. The molecule has 1 aromatic carbocycles. The quantitative estimate of drug-likeness (QED) is 0.442. The highest BCUT2D eigenvalue weighted by Gasteiger charge is 2.21. The van der Waals surface area contributed by atoms with Gasteiger partial charge in [-0.2, -0.15) is 0 Å². The number of rotatable bonds is 5. The smallest absolute Gasteiger partial charge is 0.247 e. The summed E-state index contributed by atoms with van der Waals surface area (Å²) in [6.07, 6.45) is -0.275. The van der Waals surface area contributed by atoms with Crippen LogP contribution in [0.3, 0.4) is 0 Å². The van der Waals surface area contributed by atoms with Gasteiger partial charge in [-0.05, 0) is 18.2 Å². The summed E-state index contributed by atoms with van der Waals surface area (Å²) in [4.78, 5) is 13.5. The highest BCUT2D eigenvalue weighted by atomic mass is 32.2. The average molecular weight is 298 g/mol. The number of nitrogens with one attached hydrogen (secondary N) is 2. The first-order chi connectivity index (χ1) is 9.31. The van der Waals surface area contributed by atoms with Crippen LogP contribution in [-0.2, 0) is 14.8 Å². The van der Waals surface area contributed by atoms with E-state index in [1.165, 1.54) is 12.3 Å². The topological polar surface area (TPSA) is 151 Å². The van der Waals surface area contributed by atoms with Gasteiger partial charge in [-0.25, -0.2) is 13.1 Å². The van der Waals surface area contributed by atoms with Crippen LogP contribution in [0.5, 0.6) is 0 Å². The lowest BCUT2D eigenvalue weighted by Crippen LogP contribution is -2.39. The first-order valence-corrected chi connectivity index (χ1v) is 7.13. The number of primary amides is 1. The van der Waals surface area contributed by atoms with Gasteiger partial charge in [-0.15, -0.1) is 0 Å². The number of aromatic nitrogens is 1. The van der Waals surface area contributed by atoms with Crippen molar-refractivity contribution in [2.24, 2.45) is 5.73 Å². The van der Waals surface area contributed by atoms with E-state index in [1.54, 1.807) is 12.1 Å². The normalized spacial score (nSPS) is 13.4. The lowest BCUT2D eigenvalue weighted by Gasteiger charge is -2.08. The number of carbonyl (C=O) groups excluding carboxylic acids is 1. The molecule has 0 saturated heterocycles. The van der Waals surface area contributed by atoms with Crippen molar-refractivity contribution >= 4 is 32.5 Å². The summed E-state index contributed by atoms with van der Waals surface area (Å²) in [5.41, 5.74) is 11.5. The van der Waals surface area contributed by atoms with Gasteiger partial charge in [-0.3, -0.25) is 4.79 Å². The molecule has 0 radical (unpaired) electrons. The third-order valence-corrected chi connectivity index (χ3v) is 4.22. The SMILES string of the molecule is NC(=O)C(O)CNS(=O)(=O)c1c[nH]c2ccc(N)cc12. The van der Waals surface area contributed by atoms with Crippen molar-refractivity contribution in [2.45, 2.75) is 11.0 Å². The maximum Gasteiger partial charge on any atom is 0.247 e. The van der Waals surface area contributed by atoms with Crippen LogP contribution in [0.15, 0.2) is 29.3 Å². The highest BCUT2D eigenvalue weighted by Crippen LogP contribution is 2.24. The van der Waals surface area contributed by atoms with Gasteiger partial charge in [0.05, 0.1) is 0 Å². The number of fused-ring (bicyclic) bond motifs is 1. The Labute approximate surface area is 114 Å². The van der Waals surface area contributed by atoms with Gasteiger partial charge in [0.15, 0.2) is 0 Å². The zero-order valence-corrected chi connectivity index (χ0v) is 11.1. The summed E-state index contributed by atoms with van der Waals surface area (Å²) >= 11 is 0. The molecule has 0 fully saturated rings. The van der Waals surface area contributed by atoms with Crippen molar-refractivity contribution < 1.29 is 18.3 Å². The zero-order valence-electron chi connectivity index (χ0n) is 10.3. The summed E-state index contributed by atoms with van der Waals surface area (Å²) in [6, 6.07) is 4.81. The van der Waals surface area contributed by atoms with Crippen LogP contribution in [0.1, 0.15) is 0 Å². The zero-order chi connectivity index (χ0) is 14.9. The molecule has 2 rings (SSSR count). The fraction of sp³-hybridized carbons (Fsp3) is 0.182. The van der Waals surface area contributed by atoms with Gasteiger partial charge < -0.3 is 21.6 Å². The maximum absolute atomic E-state index is 12.1. The molecule has 1 unspecified atom stereocenters. The first kappa shape index (κ1) is 14.3. The number of amides is 1. The van der Waals surface area contributed by atoms with Crippen molar-refractivity contribution in [3.63, 3.8) is 0 Å². The first-order valence-electron chi connectivity index (χ1n) is 5.65. The van der Waals surface area contributed by atoms with E-state index in [4.69, 9.17) is 11.5 Å². The molecule has 108 valence electrons.